The van der Waals surface area contributed by atoms with Crippen molar-refractivity contribution >= 4 is 11.8 Å². The number of furan rings is 1. The average molecular weight is 336 g/mol. The zero-order valence-corrected chi connectivity index (χ0v) is 14.9. The number of ether oxygens (including phenoxy) is 1. The van der Waals surface area contributed by atoms with E-state index in [2.05, 4.69) is 0 Å². The Morgan fingerprint density at radius 2 is 2.08 bits per heavy atom. The number of rotatable bonds is 7. The fourth-order valence-electron chi connectivity index (χ4n) is 3.03. The van der Waals surface area contributed by atoms with Gasteiger partial charge in [-0.3, -0.25) is 9.59 Å². The fraction of sp³-hybridized carbons (Fsp3) is 0.667. The van der Waals surface area contributed by atoms with Crippen molar-refractivity contribution in [2.45, 2.75) is 33.2 Å². The minimum Gasteiger partial charge on any atom is -0.467 e. The summed E-state index contributed by atoms with van der Waals surface area (Å²) in [6.45, 7) is 6.64. The van der Waals surface area contributed by atoms with E-state index in [0.717, 1.165) is 18.6 Å². The molecule has 2 rings (SSSR count). The van der Waals surface area contributed by atoms with Crippen molar-refractivity contribution in [3.8, 4) is 0 Å². The van der Waals surface area contributed by atoms with Crippen LogP contribution in [0.4, 0.5) is 0 Å². The maximum absolute atomic E-state index is 12.9. The molecular formula is C18H28N2O4. The average Bonchev–Trinajstić information content (AvgIpc) is 3.10. The Balaban J connectivity index is 1.93. The number of piperidine rings is 1. The predicted molar refractivity (Wildman–Crippen MR) is 90.1 cm³/mol. The third kappa shape index (κ3) is 4.84. The summed E-state index contributed by atoms with van der Waals surface area (Å²) in [4.78, 5) is 28.6. The van der Waals surface area contributed by atoms with Gasteiger partial charge in [0.15, 0.2) is 0 Å². The first kappa shape index (κ1) is 18.5. The summed E-state index contributed by atoms with van der Waals surface area (Å²) in [7, 11) is 1.63. The van der Waals surface area contributed by atoms with Crippen LogP contribution in [0.1, 0.15) is 32.4 Å². The molecular weight excluding hydrogens is 308 g/mol. The first-order valence-corrected chi connectivity index (χ1v) is 8.61. The molecule has 0 aromatic carbocycles. The number of methoxy groups -OCH3 is 1. The van der Waals surface area contributed by atoms with Crippen molar-refractivity contribution in [1.29, 1.82) is 0 Å². The van der Waals surface area contributed by atoms with E-state index < -0.39 is 0 Å². The van der Waals surface area contributed by atoms with Gasteiger partial charge in [0.2, 0.25) is 11.8 Å². The van der Waals surface area contributed by atoms with Crippen LogP contribution in [0.5, 0.6) is 0 Å². The Morgan fingerprint density at radius 1 is 1.38 bits per heavy atom. The molecule has 6 nitrogen and oxygen atoms in total. The summed E-state index contributed by atoms with van der Waals surface area (Å²) in [5.41, 5.74) is 0. The van der Waals surface area contributed by atoms with Crippen LogP contribution >= 0.6 is 0 Å². The topological polar surface area (TPSA) is 63.0 Å². The lowest BCUT2D eigenvalue weighted by atomic mass is 9.94. The lowest BCUT2D eigenvalue weighted by Gasteiger charge is -2.34. The first-order valence-electron chi connectivity index (χ1n) is 8.61. The van der Waals surface area contributed by atoms with Gasteiger partial charge in [-0.2, -0.15) is 0 Å². The summed E-state index contributed by atoms with van der Waals surface area (Å²) in [5, 5.41) is 0. The van der Waals surface area contributed by atoms with E-state index in [9.17, 15) is 9.59 Å². The molecule has 24 heavy (non-hydrogen) atoms. The number of carbonyl (C=O) groups excluding carboxylic acids is 2. The van der Waals surface area contributed by atoms with Gasteiger partial charge >= 0.3 is 0 Å². The normalized spacial score (nSPS) is 15.8. The summed E-state index contributed by atoms with van der Waals surface area (Å²) in [5.74, 6) is 1.04. The molecule has 0 N–H and O–H groups in total. The maximum atomic E-state index is 12.9. The zero-order valence-electron chi connectivity index (χ0n) is 14.9. The molecule has 1 fully saturated rings. The molecule has 0 saturated carbocycles. The zero-order chi connectivity index (χ0) is 17.5. The van der Waals surface area contributed by atoms with Crippen LogP contribution in [0.15, 0.2) is 22.8 Å². The predicted octanol–water partition coefficient (Wildman–Crippen LogP) is 2.15. The van der Waals surface area contributed by atoms with Gasteiger partial charge in [-0.1, -0.05) is 13.8 Å². The molecule has 0 radical (unpaired) electrons. The standard InChI is InChI=1S/C18H28N2O4/c1-14(2)17(21)19-8-6-15(7-9-19)18(22)20(10-12-23-3)13-16-5-4-11-24-16/h4-5,11,14-15H,6-10,12-13H2,1-3H3. The Bertz CT molecular complexity index is 519. The molecule has 1 aromatic rings. The van der Waals surface area contributed by atoms with E-state index in [-0.39, 0.29) is 23.7 Å². The summed E-state index contributed by atoms with van der Waals surface area (Å²) in [6.07, 6.45) is 3.06. The second-order valence-electron chi connectivity index (χ2n) is 6.59. The van der Waals surface area contributed by atoms with E-state index in [4.69, 9.17) is 9.15 Å². The molecule has 0 spiro atoms. The van der Waals surface area contributed by atoms with Crippen molar-refractivity contribution in [3.05, 3.63) is 24.2 Å². The van der Waals surface area contributed by atoms with E-state index in [1.54, 1.807) is 18.3 Å². The minimum atomic E-state index is -0.0342. The molecule has 1 saturated heterocycles. The summed E-state index contributed by atoms with van der Waals surface area (Å²) in [6, 6.07) is 3.70. The number of likely N-dealkylation sites (tertiary alicyclic amines) is 1. The Kier molecular flexibility index (Phi) is 6.85. The van der Waals surface area contributed by atoms with Gasteiger partial charge in [0, 0.05) is 38.6 Å². The van der Waals surface area contributed by atoms with Crippen LogP contribution in [-0.4, -0.2) is 55.0 Å². The second-order valence-corrected chi connectivity index (χ2v) is 6.59. The lowest BCUT2D eigenvalue weighted by molar-refractivity contribution is -0.143. The summed E-state index contributed by atoms with van der Waals surface area (Å²) < 4.78 is 10.5. The molecule has 0 aliphatic carbocycles. The van der Waals surface area contributed by atoms with Gasteiger partial charge in [0.25, 0.3) is 0 Å². The Labute approximate surface area is 143 Å². The molecule has 1 aromatic heterocycles. The second kappa shape index (κ2) is 8.87. The highest BCUT2D eigenvalue weighted by molar-refractivity contribution is 5.80. The van der Waals surface area contributed by atoms with Gasteiger partial charge in [-0.05, 0) is 25.0 Å². The summed E-state index contributed by atoms with van der Waals surface area (Å²) >= 11 is 0. The largest absolute Gasteiger partial charge is 0.467 e. The minimum absolute atomic E-state index is 0.00871. The molecule has 2 amide bonds. The van der Waals surface area contributed by atoms with Crippen molar-refractivity contribution in [2.75, 3.05) is 33.4 Å². The van der Waals surface area contributed by atoms with Crippen LogP contribution in [0.25, 0.3) is 0 Å². The van der Waals surface area contributed by atoms with Crippen molar-refractivity contribution in [2.24, 2.45) is 11.8 Å². The van der Waals surface area contributed by atoms with Crippen LogP contribution in [0, 0.1) is 11.8 Å². The number of nitrogens with zero attached hydrogens (tertiary/aromatic N) is 2. The molecule has 0 bridgehead atoms. The SMILES string of the molecule is COCCN(Cc1ccco1)C(=O)C1CCN(C(=O)C(C)C)CC1. The van der Waals surface area contributed by atoms with Crippen molar-refractivity contribution in [1.82, 2.24) is 9.80 Å². The fourth-order valence-corrected chi connectivity index (χ4v) is 3.03. The highest BCUT2D eigenvalue weighted by atomic mass is 16.5. The van der Waals surface area contributed by atoms with Gasteiger partial charge in [-0.15, -0.1) is 0 Å². The first-order chi connectivity index (χ1) is 11.5. The lowest BCUT2D eigenvalue weighted by Crippen LogP contribution is -2.45. The van der Waals surface area contributed by atoms with Gasteiger partial charge in [0.1, 0.15) is 5.76 Å². The Morgan fingerprint density at radius 3 is 2.62 bits per heavy atom. The van der Waals surface area contributed by atoms with Crippen LogP contribution in [0.2, 0.25) is 0 Å². The van der Waals surface area contributed by atoms with Crippen LogP contribution < -0.4 is 0 Å². The third-order valence-electron chi connectivity index (χ3n) is 4.45. The van der Waals surface area contributed by atoms with E-state index in [0.29, 0.717) is 32.8 Å². The molecule has 6 heteroatoms. The van der Waals surface area contributed by atoms with Gasteiger partial charge in [0.05, 0.1) is 19.4 Å². The molecule has 134 valence electrons. The van der Waals surface area contributed by atoms with Crippen LogP contribution in [-0.2, 0) is 20.9 Å². The molecule has 1 aliphatic rings. The number of carbonyl (C=O) groups is 2. The number of amides is 2. The maximum Gasteiger partial charge on any atom is 0.226 e. The van der Waals surface area contributed by atoms with Gasteiger partial charge in [-0.25, -0.2) is 0 Å². The van der Waals surface area contributed by atoms with E-state index in [1.165, 1.54) is 0 Å². The third-order valence-corrected chi connectivity index (χ3v) is 4.45. The monoisotopic (exact) mass is 336 g/mol. The van der Waals surface area contributed by atoms with Crippen molar-refractivity contribution in [3.63, 3.8) is 0 Å². The van der Waals surface area contributed by atoms with Gasteiger partial charge < -0.3 is 19.0 Å². The molecule has 2 heterocycles. The molecule has 1 aliphatic heterocycles. The highest BCUT2D eigenvalue weighted by Gasteiger charge is 2.31. The number of hydrogen-bond acceptors (Lipinski definition) is 4. The van der Waals surface area contributed by atoms with Crippen molar-refractivity contribution < 1.29 is 18.7 Å². The highest BCUT2D eigenvalue weighted by Crippen LogP contribution is 2.22. The smallest absolute Gasteiger partial charge is 0.226 e. The molecule has 0 atom stereocenters. The quantitative estimate of drug-likeness (QED) is 0.765. The molecule has 0 unspecified atom stereocenters. The van der Waals surface area contributed by atoms with E-state index in [1.807, 2.05) is 30.9 Å². The van der Waals surface area contributed by atoms with Crippen LogP contribution in [0.3, 0.4) is 0 Å². The van der Waals surface area contributed by atoms with E-state index >= 15 is 0 Å². The Hall–Kier alpha value is -1.82. The number of hydrogen-bond donors (Lipinski definition) is 0.